The van der Waals surface area contributed by atoms with Gasteiger partial charge in [-0.1, -0.05) is 54.2 Å². The van der Waals surface area contributed by atoms with E-state index in [1.54, 1.807) is 18.2 Å². The minimum atomic E-state index is -0.631. The van der Waals surface area contributed by atoms with Crippen LogP contribution in [0.4, 0.5) is 11.4 Å². The lowest BCUT2D eigenvalue weighted by molar-refractivity contribution is -0.119. The Balaban J connectivity index is 1.28. The van der Waals surface area contributed by atoms with Gasteiger partial charge in [0.25, 0.3) is 5.91 Å². The first-order valence-electron chi connectivity index (χ1n) is 11.6. The molecule has 0 bridgehead atoms. The maximum absolute atomic E-state index is 13.1. The van der Waals surface area contributed by atoms with Crippen molar-refractivity contribution in [1.29, 1.82) is 0 Å². The van der Waals surface area contributed by atoms with E-state index in [0.29, 0.717) is 41.4 Å². The van der Waals surface area contributed by atoms with E-state index in [4.69, 9.17) is 14.5 Å². The predicted octanol–water partition coefficient (Wildman–Crippen LogP) is 4.55. The summed E-state index contributed by atoms with van der Waals surface area (Å²) < 4.78 is 11.2. The first kappa shape index (κ1) is 22.4. The lowest BCUT2D eigenvalue weighted by Gasteiger charge is -2.32. The van der Waals surface area contributed by atoms with Crippen LogP contribution in [0.3, 0.4) is 0 Å². The number of ether oxygens (including phenoxy) is 2. The van der Waals surface area contributed by atoms with Gasteiger partial charge in [0.2, 0.25) is 5.91 Å². The van der Waals surface area contributed by atoms with E-state index in [-0.39, 0.29) is 11.8 Å². The number of nitrogens with zero attached hydrogens (tertiary/aromatic N) is 3. The highest BCUT2D eigenvalue weighted by molar-refractivity contribution is 8.14. The molecule has 0 aromatic heterocycles. The van der Waals surface area contributed by atoms with Gasteiger partial charge in [0.05, 0.1) is 10.9 Å². The van der Waals surface area contributed by atoms with Gasteiger partial charge in [-0.3, -0.25) is 14.5 Å². The lowest BCUT2D eigenvalue weighted by Crippen LogP contribution is -2.40. The van der Waals surface area contributed by atoms with Crippen molar-refractivity contribution in [2.45, 2.75) is 18.2 Å². The summed E-state index contributed by atoms with van der Waals surface area (Å²) in [5, 5.41) is 2.99. The molecule has 0 spiro atoms. The number of anilines is 1. The van der Waals surface area contributed by atoms with Crippen molar-refractivity contribution in [3.8, 4) is 11.5 Å². The molecule has 0 saturated carbocycles. The second kappa shape index (κ2) is 9.16. The minimum absolute atomic E-state index is 0.196. The summed E-state index contributed by atoms with van der Waals surface area (Å²) in [7, 11) is 0. The molecular formula is C27H22N4O4S. The molecule has 0 saturated heterocycles. The number of benzene rings is 3. The fourth-order valence-electron chi connectivity index (χ4n) is 4.35. The van der Waals surface area contributed by atoms with Gasteiger partial charge in [0, 0.05) is 17.3 Å². The van der Waals surface area contributed by atoms with Crippen LogP contribution in [-0.4, -0.2) is 46.2 Å². The van der Waals surface area contributed by atoms with Crippen LogP contribution in [-0.2, 0) is 9.59 Å². The summed E-state index contributed by atoms with van der Waals surface area (Å²) in [5.74, 6) is 1.37. The summed E-state index contributed by atoms with van der Waals surface area (Å²) in [6, 6.07) is 21.8. The van der Waals surface area contributed by atoms with Crippen LogP contribution in [0.25, 0.3) is 0 Å². The molecule has 0 fully saturated rings. The zero-order chi connectivity index (χ0) is 24.6. The molecule has 1 N–H and O–H groups in total. The normalized spacial score (nSPS) is 18.5. The Morgan fingerprint density at radius 3 is 2.58 bits per heavy atom. The number of aliphatic imine (C=N–C) groups is 2. The molecule has 2 unspecified atom stereocenters. The molecule has 3 aromatic carbocycles. The Labute approximate surface area is 212 Å². The largest absolute Gasteiger partial charge is 0.486 e. The SMILES string of the molecule is CC(SC1=Nc2ccccc2C2=NC(=O)C(c3ccccc3)N12)C(=O)Nc1ccc2c(c1)OCCO2. The zero-order valence-corrected chi connectivity index (χ0v) is 20.2. The van der Waals surface area contributed by atoms with Crippen LogP contribution in [0.2, 0.25) is 0 Å². The molecule has 9 heteroatoms. The second-order valence-corrected chi connectivity index (χ2v) is 9.78. The van der Waals surface area contributed by atoms with Crippen LogP contribution in [0, 0.1) is 0 Å². The third-order valence-corrected chi connectivity index (χ3v) is 7.15. The third-order valence-electron chi connectivity index (χ3n) is 6.08. The van der Waals surface area contributed by atoms with Crippen molar-refractivity contribution in [2.75, 3.05) is 18.5 Å². The average molecular weight is 499 g/mol. The highest BCUT2D eigenvalue weighted by Crippen LogP contribution is 2.40. The van der Waals surface area contributed by atoms with Crippen LogP contribution >= 0.6 is 11.8 Å². The molecule has 3 aromatic rings. The highest BCUT2D eigenvalue weighted by Gasteiger charge is 2.43. The molecule has 8 nitrogen and oxygen atoms in total. The summed E-state index contributed by atoms with van der Waals surface area (Å²) in [6.45, 7) is 2.79. The summed E-state index contributed by atoms with van der Waals surface area (Å²) in [4.78, 5) is 37.3. The number of rotatable bonds is 4. The molecule has 2 atom stereocenters. The van der Waals surface area contributed by atoms with Gasteiger partial charge in [0.1, 0.15) is 25.1 Å². The van der Waals surface area contributed by atoms with Gasteiger partial charge in [-0.25, -0.2) is 4.99 Å². The predicted molar refractivity (Wildman–Crippen MR) is 139 cm³/mol. The number of thioether (sulfide) groups is 1. The van der Waals surface area contributed by atoms with Crippen molar-refractivity contribution >= 4 is 46.0 Å². The molecule has 2 amide bonds. The molecule has 0 aliphatic carbocycles. The van der Waals surface area contributed by atoms with Crippen molar-refractivity contribution in [3.63, 3.8) is 0 Å². The summed E-state index contributed by atoms with van der Waals surface area (Å²) >= 11 is 1.29. The molecule has 0 radical (unpaired) electrons. The van der Waals surface area contributed by atoms with Crippen LogP contribution in [0.5, 0.6) is 11.5 Å². The first-order chi connectivity index (χ1) is 17.6. The van der Waals surface area contributed by atoms with Gasteiger partial charge < -0.3 is 14.8 Å². The maximum Gasteiger partial charge on any atom is 0.275 e. The Hall–Kier alpha value is -4.11. The number of carbonyl (C=O) groups excluding carboxylic acids is 2. The van der Waals surface area contributed by atoms with Gasteiger partial charge in [0.15, 0.2) is 16.7 Å². The maximum atomic E-state index is 13.1. The van der Waals surface area contributed by atoms with E-state index in [2.05, 4.69) is 10.3 Å². The molecule has 3 heterocycles. The Morgan fingerprint density at radius 1 is 1.00 bits per heavy atom. The van der Waals surface area contributed by atoms with Crippen molar-refractivity contribution in [1.82, 2.24) is 4.90 Å². The van der Waals surface area contributed by atoms with Crippen molar-refractivity contribution < 1.29 is 19.1 Å². The van der Waals surface area contributed by atoms with E-state index in [1.165, 1.54) is 11.8 Å². The van der Waals surface area contributed by atoms with E-state index in [1.807, 2.05) is 66.4 Å². The molecule has 3 aliphatic heterocycles. The number of para-hydroxylation sites is 1. The second-order valence-electron chi connectivity index (χ2n) is 8.48. The van der Waals surface area contributed by atoms with Gasteiger partial charge in [-0.05, 0) is 36.8 Å². The van der Waals surface area contributed by atoms with Crippen LogP contribution < -0.4 is 14.8 Å². The van der Waals surface area contributed by atoms with E-state index in [9.17, 15) is 9.59 Å². The van der Waals surface area contributed by atoms with Gasteiger partial charge in [-0.15, -0.1) is 0 Å². The summed E-state index contributed by atoms with van der Waals surface area (Å²) in [6.07, 6.45) is 0. The standard InChI is InChI=1S/C27H22N4O4S/c1-16(25(32)28-18-11-12-21-22(15-18)35-14-13-34-21)36-27-29-20-10-6-5-9-19(20)24-30-26(33)23(31(24)27)17-7-3-2-4-8-17/h2-12,15-16,23H,13-14H2,1H3,(H,28,32). The Morgan fingerprint density at radius 2 is 1.75 bits per heavy atom. The molecule has 36 heavy (non-hydrogen) atoms. The zero-order valence-electron chi connectivity index (χ0n) is 19.4. The smallest absolute Gasteiger partial charge is 0.275 e. The van der Waals surface area contributed by atoms with Crippen molar-refractivity contribution in [3.05, 3.63) is 83.9 Å². The number of amides is 2. The molecular weight excluding hydrogens is 476 g/mol. The topological polar surface area (TPSA) is 92.6 Å². The van der Waals surface area contributed by atoms with Crippen LogP contribution in [0.1, 0.15) is 24.1 Å². The van der Waals surface area contributed by atoms with Crippen LogP contribution in [0.15, 0.2) is 82.8 Å². The number of carbonyl (C=O) groups is 2. The number of nitrogens with one attached hydrogen (secondary N) is 1. The quantitative estimate of drug-likeness (QED) is 0.567. The number of hydrogen-bond donors (Lipinski definition) is 1. The lowest BCUT2D eigenvalue weighted by atomic mass is 10.0. The summed E-state index contributed by atoms with van der Waals surface area (Å²) in [5.41, 5.74) is 2.95. The third kappa shape index (κ3) is 4.01. The van der Waals surface area contributed by atoms with Gasteiger partial charge in [-0.2, -0.15) is 4.99 Å². The van der Waals surface area contributed by atoms with Crippen molar-refractivity contribution in [2.24, 2.45) is 9.98 Å². The fraction of sp³-hybridized carbons (Fsp3) is 0.185. The number of hydrogen-bond acceptors (Lipinski definition) is 7. The molecule has 180 valence electrons. The minimum Gasteiger partial charge on any atom is -0.486 e. The first-order valence-corrected chi connectivity index (χ1v) is 12.5. The van der Waals surface area contributed by atoms with E-state index >= 15 is 0 Å². The highest BCUT2D eigenvalue weighted by atomic mass is 32.2. The fourth-order valence-corrected chi connectivity index (χ4v) is 5.29. The molecule has 3 aliphatic rings. The molecule has 6 rings (SSSR count). The average Bonchev–Trinajstić information content (AvgIpc) is 3.26. The van der Waals surface area contributed by atoms with E-state index in [0.717, 1.165) is 16.8 Å². The number of fused-ring (bicyclic) bond motifs is 4. The van der Waals surface area contributed by atoms with E-state index < -0.39 is 11.3 Å². The monoisotopic (exact) mass is 498 g/mol. The Bertz CT molecular complexity index is 1420. The van der Waals surface area contributed by atoms with Gasteiger partial charge >= 0.3 is 0 Å². The number of amidine groups is 2. The Kier molecular flexibility index (Phi) is 5.69.